The fraction of sp³-hybridized carbons (Fsp3) is 0.667. The van der Waals surface area contributed by atoms with E-state index < -0.39 is 0 Å². The standard InChI is InChI=1S/C21H29N5O/c27-21-12-16-6-1-2-8-19(16)23-26(21)15-18-7-5-11-24(18)13-17-14-25-10-4-3-9-20(25)22-17/h12,14,18H,1-11,13,15H2. The van der Waals surface area contributed by atoms with E-state index in [1.54, 1.807) is 4.68 Å². The van der Waals surface area contributed by atoms with Crippen LogP contribution in [0, 0.1) is 0 Å². The van der Waals surface area contributed by atoms with Gasteiger partial charge < -0.3 is 4.57 Å². The van der Waals surface area contributed by atoms with Gasteiger partial charge in [-0.2, -0.15) is 5.10 Å². The monoisotopic (exact) mass is 367 g/mol. The molecular weight excluding hydrogens is 338 g/mol. The first-order valence-electron chi connectivity index (χ1n) is 10.7. The third-order valence-electron chi connectivity index (χ3n) is 6.48. The van der Waals surface area contributed by atoms with Crippen LogP contribution in [0.15, 0.2) is 17.1 Å². The zero-order valence-corrected chi connectivity index (χ0v) is 16.1. The van der Waals surface area contributed by atoms with E-state index in [1.165, 1.54) is 49.2 Å². The second kappa shape index (κ2) is 7.23. The second-order valence-electron chi connectivity index (χ2n) is 8.41. The molecule has 1 fully saturated rings. The van der Waals surface area contributed by atoms with Crippen LogP contribution in [-0.2, 0) is 38.9 Å². The maximum Gasteiger partial charge on any atom is 0.267 e. The molecule has 6 heteroatoms. The molecule has 6 nitrogen and oxygen atoms in total. The van der Waals surface area contributed by atoms with Gasteiger partial charge in [0, 0.05) is 37.8 Å². The van der Waals surface area contributed by atoms with Gasteiger partial charge in [0.1, 0.15) is 5.82 Å². The molecule has 0 aromatic carbocycles. The molecule has 0 bridgehead atoms. The maximum atomic E-state index is 12.5. The lowest BCUT2D eigenvalue weighted by Gasteiger charge is -2.24. The van der Waals surface area contributed by atoms with Crippen molar-refractivity contribution >= 4 is 0 Å². The second-order valence-corrected chi connectivity index (χ2v) is 8.41. The molecule has 3 aliphatic rings. The molecule has 2 aromatic heterocycles. The lowest BCUT2D eigenvalue weighted by molar-refractivity contribution is 0.214. The minimum atomic E-state index is 0.0694. The Morgan fingerprint density at radius 3 is 2.85 bits per heavy atom. The van der Waals surface area contributed by atoms with E-state index in [4.69, 9.17) is 10.1 Å². The highest BCUT2D eigenvalue weighted by molar-refractivity contribution is 5.20. The molecule has 0 radical (unpaired) electrons. The molecule has 2 aromatic rings. The number of hydrogen-bond donors (Lipinski definition) is 0. The Morgan fingerprint density at radius 1 is 1.04 bits per heavy atom. The van der Waals surface area contributed by atoms with Crippen molar-refractivity contribution in [1.82, 2.24) is 24.2 Å². The van der Waals surface area contributed by atoms with Gasteiger partial charge in [-0.25, -0.2) is 9.67 Å². The van der Waals surface area contributed by atoms with E-state index in [9.17, 15) is 4.79 Å². The largest absolute Gasteiger partial charge is 0.335 e. The predicted octanol–water partition coefficient (Wildman–Crippen LogP) is 2.32. The fourth-order valence-electron chi connectivity index (χ4n) is 5.00. The average molecular weight is 367 g/mol. The zero-order chi connectivity index (χ0) is 18.2. The third kappa shape index (κ3) is 3.47. The van der Waals surface area contributed by atoms with Crippen molar-refractivity contribution < 1.29 is 0 Å². The lowest BCUT2D eigenvalue weighted by Crippen LogP contribution is -2.37. The Labute approximate surface area is 160 Å². The van der Waals surface area contributed by atoms with E-state index >= 15 is 0 Å². The number of aromatic nitrogens is 4. The summed E-state index contributed by atoms with van der Waals surface area (Å²) in [6.45, 7) is 3.80. The Hall–Kier alpha value is -1.95. The van der Waals surface area contributed by atoms with E-state index in [0.29, 0.717) is 12.6 Å². The van der Waals surface area contributed by atoms with Gasteiger partial charge in [0.15, 0.2) is 0 Å². The molecule has 1 atom stereocenters. The number of imidazole rings is 1. The van der Waals surface area contributed by atoms with Crippen LogP contribution in [0.3, 0.4) is 0 Å². The van der Waals surface area contributed by atoms with Crippen molar-refractivity contribution in [3.63, 3.8) is 0 Å². The maximum absolute atomic E-state index is 12.5. The molecule has 27 heavy (non-hydrogen) atoms. The van der Waals surface area contributed by atoms with Gasteiger partial charge in [0.2, 0.25) is 0 Å². The predicted molar refractivity (Wildman–Crippen MR) is 104 cm³/mol. The van der Waals surface area contributed by atoms with Crippen LogP contribution in [0.1, 0.15) is 61.3 Å². The molecule has 2 aliphatic heterocycles. The van der Waals surface area contributed by atoms with Crippen LogP contribution in [0.2, 0.25) is 0 Å². The summed E-state index contributed by atoms with van der Waals surface area (Å²) in [7, 11) is 0. The first-order valence-corrected chi connectivity index (χ1v) is 10.7. The van der Waals surface area contributed by atoms with Gasteiger partial charge in [0.05, 0.1) is 17.9 Å². The number of likely N-dealkylation sites (tertiary alicyclic amines) is 1. The van der Waals surface area contributed by atoms with Crippen molar-refractivity contribution in [2.45, 2.75) is 83.5 Å². The van der Waals surface area contributed by atoms with E-state index in [2.05, 4.69) is 15.7 Å². The van der Waals surface area contributed by atoms with E-state index in [-0.39, 0.29) is 5.56 Å². The first kappa shape index (κ1) is 17.2. The Kier molecular flexibility index (Phi) is 4.60. The molecule has 144 valence electrons. The molecule has 0 N–H and O–H groups in total. The molecule has 0 amide bonds. The van der Waals surface area contributed by atoms with E-state index in [1.807, 2.05) is 6.07 Å². The van der Waals surface area contributed by atoms with Crippen molar-refractivity contribution in [3.05, 3.63) is 45.4 Å². The lowest BCUT2D eigenvalue weighted by atomic mass is 9.97. The van der Waals surface area contributed by atoms with Crippen molar-refractivity contribution in [2.75, 3.05) is 6.54 Å². The number of hydrogen-bond acceptors (Lipinski definition) is 4. The molecule has 0 spiro atoms. The smallest absolute Gasteiger partial charge is 0.267 e. The number of nitrogens with zero attached hydrogens (tertiary/aromatic N) is 5. The third-order valence-corrected chi connectivity index (χ3v) is 6.48. The minimum absolute atomic E-state index is 0.0694. The molecule has 5 rings (SSSR count). The molecule has 4 heterocycles. The van der Waals surface area contributed by atoms with Crippen molar-refractivity contribution in [2.24, 2.45) is 0 Å². The average Bonchev–Trinajstić information content (AvgIpc) is 3.29. The highest BCUT2D eigenvalue weighted by atomic mass is 16.1. The Morgan fingerprint density at radius 2 is 1.93 bits per heavy atom. The van der Waals surface area contributed by atoms with Crippen LogP contribution in [0.25, 0.3) is 0 Å². The highest BCUT2D eigenvalue weighted by Crippen LogP contribution is 2.23. The van der Waals surface area contributed by atoms with Crippen LogP contribution in [0.4, 0.5) is 0 Å². The van der Waals surface area contributed by atoms with Crippen LogP contribution >= 0.6 is 0 Å². The van der Waals surface area contributed by atoms with Gasteiger partial charge >= 0.3 is 0 Å². The normalized spacial score (nSPS) is 22.6. The molecule has 1 unspecified atom stereocenters. The van der Waals surface area contributed by atoms with Gasteiger partial charge in [0.25, 0.3) is 5.56 Å². The molecular formula is C21H29N5O. The summed E-state index contributed by atoms with van der Waals surface area (Å²) in [4.78, 5) is 19.9. The fourth-order valence-corrected chi connectivity index (χ4v) is 5.00. The summed E-state index contributed by atoms with van der Waals surface area (Å²) < 4.78 is 4.06. The van der Waals surface area contributed by atoms with Crippen LogP contribution in [0.5, 0.6) is 0 Å². The summed E-state index contributed by atoms with van der Waals surface area (Å²) in [5.41, 5.74) is 3.58. The SMILES string of the molecule is O=c1cc2c(nn1CC1CCCN1Cc1cn3c(n1)CCCC3)CCCC2. The van der Waals surface area contributed by atoms with Gasteiger partial charge in [-0.1, -0.05) is 0 Å². The quantitative estimate of drug-likeness (QED) is 0.832. The minimum Gasteiger partial charge on any atom is -0.335 e. The Balaban J connectivity index is 1.31. The summed E-state index contributed by atoms with van der Waals surface area (Å²) >= 11 is 0. The van der Waals surface area contributed by atoms with Gasteiger partial charge in [-0.05, 0) is 63.5 Å². The van der Waals surface area contributed by atoms with Crippen LogP contribution in [-0.4, -0.2) is 36.8 Å². The number of rotatable bonds is 4. The van der Waals surface area contributed by atoms with Crippen LogP contribution < -0.4 is 5.56 Å². The van der Waals surface area contributed by atoms with Crippen molar-refractivity contribution in [3.8, 4) is 0 Å². The summed E-state index contributed by atoms with van der Waals surface area (Å²) in [6.07, 6.45) is 12.6. The Bertz CT molecular complexity index is 860. The topological polar surface area (TPSA) is 56.0 Å². The van der Waals surface area contributed by atoms with Crippen molar-refractivity contribution in [1.29, 1.82) is 0 Å². The number of aryl methyl sites for hydroxylation is 4. The first-order chi connectivity index (χ1) is 13.3. The number of fused-ring (bicyclic) bond motifs is 2. The molecule has 1 saturated heterocycles. The molecule has 1 aliphatic carbocycles. The van der Waals surface area contributed by atoms with Gasteiger partial charge in [-0.3, -0.25) is 9.69 Å². The zero-order valence-electron chi connectivity index (χ0n) is 16.1. The summed E-state index contributed by atoms with van der Waals surface area (Å²) in [5.74, 6) is 1.25. The molecule has 0 saturated carbocycles. The summed E-state index contributed by atoms with van der Waals surface area (Å²) in [5, 5.41) is 4.73. The van der Waals surface area contributed by atoms with Gasteiger partial charge in [-0.15, -0.1) is 0 Å². The summed E-state index contributed by atoms with van der Waals surface area (Å²) in [6, 6.07) is 2.22. The van der Waals surface area contributed by atoms with E-state index in [0.717, 1.165) is 51.0 Å². The highest BCUT2D eigenvalue weighted by Gasteiger charge is 2.27.